The van der Waals surface area contributed by atoms with Gasteiger partial charge >= 0.3 is 0 Å². The Morgan fingerprint density at radius 2 is 2.12 bits per heavy atom. The lowest BCUT2D eigenvalue weighted by atomic mass is 10.1. The molecule has 0 unspecified atom stereocenters. The molecule has 0 bridgehead atoms. The van der Waals surface area contributed by atoms with Crippen LogP contribution in [0.5, 0.6) is 5.75 Å². The van der Waals surface area contributed by atoms with Gasteiger partial charge in [0.1, 0.15) is 11.4 Å². The van der Waals surface area contributed by atoms with Gasteiger partial charge in [-0.05, 0) is 37.6 Å². The third-order valence-corrected chi connectivity index (χ3v) is 2.56. The molecule has 3 nitrogen and oxygen atoms in total. The van der Waals surface area contributed by atoms with E-state index in [0.29, 0.717) is 11.4 Å². The highest BCUT2D eigenvalue weighted by atomic mass is 16.3. The summed E-state index contributed by atoms with van der Waals surface area (Å²) < 4.78 is 0. The second-order valence-electron chi connectivity index (χ2n) is 3.98. The average molecular weight is 226 g/mol. The zero-order valence-corrected chi connectivity index (χ0v) is 9.94. The number of rotatable bonds is 2. The van der Waals surface area contributed by atoms with E-state index < -0.39 is 0 Å². The minimum atomic E-state index is 0.132. The van der Waals surface area contributed by atoms with Crippen LogP contribution >= 0.6 is 0 Å². The van der Waals surface area contributed by atoms with Crippen molar-refractivity contribution in [2.45, 2.75) is 13.8 Å². The van der Waals surface area contributed by atoms with Crippen molar-refractivity contribution >= 4 is 5.57 Å². The maximum absolute atomic E-state index is 9.97. The largest absolute Gasteiger partial charge is 0.506 e. The van der Waals surface area contributed by atoms with E-state index in [-0.39, 0.29) is 5.75 Å². The van der Waals surface area contributed by atoms with Gasteiger partial charge in [-0.15, -0.1) is 0 Å². The van der Waals surface area contributed by atoms with Crippen LogP contribution < -0.4 is 0 Å². The standard InChI is InChI=1S/C14H14N2O/c1-9(2)11-8-13(17)14(16-10(11)3)12-6-4-5-7-15-12/h4-8,17H,1H2,2-3H3. The summed E-state index contributed by atoms with van der Waals surface area (Å²) in [6, 6.07) is 7.21. The molecule has 0 amide bonds. The van der Waals surface area contributed by atoms with Crippen LogP contribution in [0.4, 0.5) is 0 Å². The third-order valence-electron chi connectivity index (χ3n) is 2.56. The minimum Gasteiger partial charge on any atom is -0.506 e. The summed E-state index contributed by atoms with van der Waals surface area (Å²) in [6.45, 7) is 7.65. The first kappa shape index (κ1) is 11.3. The first-order chi connectivity index (χ1) is 8.09. The Morgan fingerprint density at radius 1 is 1.35 bits per heavy atom. The zero-order valence-electron chi connectivity index (χ0n) is 9.94. The molecule has 0 aliphatic heterocycles. The van der Waals surface area contributed by atoms with Gasteiger partial charge in [0.2, 0.25) is 0 Å². The molecule has 0 saturated carbocycles. The van der Waals surface area contributed by atoms with Crippen LogP contribution in [-0.2, 0) is 0 Å². The normalized spacial score (nSPS) is 10.2. The molecule has 0 atom stereocenters. The quantitative estimate of drug-likeness (QED) is 0.855. The Balaban J connectivity index is 2.58. The first-order valence-electron chi connectivity index (χ1n) is 5.37. The summed E-state index contributed by atoms with van der Waals surface area (Å²) in [7, 11) is 0. The summed E-state index contributed by atoms with van der Waals surface area (Å²) in [4.78, 5) is 8.57. The maximum Gasteiger partial charge on any atom is 0.144 e. The molecule has 2 heterocycles. The second kappa shape index (κ2) is 4.37. The van der Waals surface area contributed by atoms with Crippen molar-refractivity contribution in [3.63, 3.8) is 0 Å². The molecule has 2 aromatic rings. The summed E-state index contributed by atoms with van der Waals surface area (Å²) in [6.07, 6.45) is 1.68. The Kier molecular flexibility index (Phi) is 2.91. The Morgan fingerprint density at radius 3 is 2.71 bits per heavy atom. The molecule has 0 aliphatic rings. The molecule has 0 radical (unpaired) electrons. The smallest absolute Gasteiger partial charge is 0.144 e. The SMILES string of the molecule is C=C(C)c1cc(O)c(-c2ccccn2)nc1C. The van der Waals surface area contributed by atoms with Gasteiger partial charge in [0, 0.05) is 17.5 Å². The van der Waals surface area contributed by atoms with E-state index >= 15 is 0 Å². The van der Waals surface area contributed by atoms with E-state index in [1.807, 2.05) is 32.0 Å². The van der Waals surface area contributed by atoms with Gasteiger partial charge in [0.05, 0.1) is 5.69 Å². The highest BCUT2D eigenvalue weighted by Gasteiger charge is 2.11. The van der Waals surface area contributed by atoms with E-state index in [4.69, 9.17) is 0 Å². The number of hydrogen-bond donors (Lipinski definition) is 1. The first-order valence-corrected chi connectivity index (χ1v) is 5.37. The molecule has 0 aliphatic carbocycles. The topological polar surface area (TPSA) is 46.0 Å². The van der Waals surface area contributed by atoms with Crippen LogP contribution in [0.15, 0.2) is 37.0 Å². The molecule has 2 rings (SSSR count). The number of allylic oxidation sites excluding steroid dienone is 1. The van der Waals surface area contributed by atoms with Gasteiger partial charge in [-0.1, -0.05) is 12.6 Å². The average Bonchev–Trinajstić information content (AvgIpc) is 2.32. The fourth-order valence-electron chi connectivity index (χ4n) is 1.72. The number of aromatic hydroxyl groups is 1. The molecule has 0 saturated heterocycles. The monoisotopic (exact) mass is 226 g/mol. The lowest BCUT2D eigenvalue weighted by Gasteiger charge is -2.09. The molecule has 86 valence electrons. The van der Waals surface area contributed by atoms with Crippen molar-refractivity contribution in [1.29, 1.82) is 0 Å². The third kappa shape index (κ3) is 2.18. The molecule has 0 fully saturated rings. The van der Waals surface area contributed by atoms with Gasteiger partial charge < -0.3 is 5.11 Å². The van der Waals surface area contributed by atoms with E-state index in [9.17, 15) is 5.11 Å². The van der Waals surface area contributed by atoms with E-state index in [1.54, 1.807) is 12.3 Å². The van der Waals surface area contributed by atoms with Gasteiger partial charge in [-0.2, -0.15) is 0 Å². The molecular formula is C14H14N2O. The summed E-state index contributed by atoms with van der Waals surface area (Å²) in [5, 5.41) is 9.97. The second-order valence-corrected chi connectivity index (χ2v) is 3.98. The molecule has 0 spiro atoms. The molecule has 17 heavy (non-hydrogen) atoms. The molecule has 3 heteroatoms. The number of nitrogens with zero attached hydrogens (tertiary/aromatic N) is 2. The fraction of sp³-hybridized carbons (Fsp3) is 0.143. The zero-order chi connectivity index (χ0) is 12.4. The molecule has 0 aromatic carbocycles. The number of aromatic nitrogens is 2. The van der Waals surface area contributed by atoms with Crippen LogP contribution in [0, 0.1) is 6.92 Å². The van der Waals surface area contributed by atoms with Gasteiger partial charge in [0.25, 0.3) is 0 Å². The van der Waals surface area contributed by atoms with E-state index in [0.717, 1.165) is 16.8 Å². The maximum atomic E-state index is 9.97. The summed E-state index contributed by atoms with van der Waals surface area (Å²) in [5.74, 6) is 0.132. The number of pyridine rings is 2. The molecule has 2 aromatic heterocycles. The van der Waals surface area contributed by atoms with Crippen molar-refractivity contribution in [2.75, 3.05) is 0 Å². The predicted molar refractivity (Wildman–Crippen MR) is 68.6 cm³/mol. The summed E-state index contributed by atoms with van der Waals surface area (Å²) in [5.41, 5.74) is 3.78. The van der Waals surface area contributed by atoms with Crippen molar-refractivity contribution < 1.29 is 5.11 Å². The number of hydrogen-bond acceptors (Lipinski definition) is 3. The highest BCUT2D eigenvalue weighted by molar-refractivity contribution is 5.70. The van der Waals surface area contributed by atoms with Crippen LogP contribution in [0.25, 0.3) is 17.0 Å². The lowest BCUT2D eigenvalue weighted by Crippen LogP contribution is -1.94. The van der Waals surface area contributed by atoms with Crippen LogP contribution in [-0.4, -0.2) is 15.1 Å². The predicted octanol–water partition coefficient (Wildman–Crippen LogP) is 3.19. The fourth-order valence-corrected chi connectivity index (χ4v) is 1.72. The lowest BCUT2D eigenvalue weighted by molar-refractivity contribution is 0.474. The Bertz CT molecular complexity index is 562. The van der Waals surface area contributed by atoms with Crippen LogP contribution in [0.1, 0.15) is 18.2 Å². The van der Waals surface area contributed by atoms with Crippen LogP contribution in [0.3, 0.4) is 0 Å². The highest BCUT2D eigenvalue weighted by Crippen LogP contribution is 2.29. The Hall–Kier alpha value is -2.16. The van der Waals surface area contributed by atoms with E-state index in [2.05, 4.69) is 16.5 Å². The van der Waals surface area contributed by atoms with Crippen LogP contribution in [0.2, 0.25) is 0 Å². The molecule has 1 N–H and O–H groups in total. The van der Waals surface area contributed by atoms with Gasteiger partial charge in [-0.25, -0.2) is 4.98 Å². The minimum absolute atomic E-state index is 0.132. The van der Waals surface area contributed by atoms with Crippen molar-refractivity contribution in [3.8, 4) is 17.1 Å². The summed E-state index contributed by atoms with van der Waals surface area (Å²) >= 11 is 0. The molecular weight excluding hydrogens is 212 g/mol. The Labute approximate surface area is 100 Å². The van der Waals surface area contributed by atoms with Crippen molar-refractivity contribution in [3.05, 3.63) is 48.3 Å². The van der Waals surface area contributed by atoms with E-state index in [1.165, 1.54) is 0 Å². The van der Waals surface area contributed by atoms with Gasteiger partial charge in [-0.3, -0.25) is 4.98 Å². The van der Waals surface area contributed by atoms with Crippen molar-refractivity contribution in [2.24, 2.45) is 0 Å². The number of aryl methyl sites for hydroxylation is 1. The van der Waals surface area contributed by atoms with Crippen molar-refractivity contribution in [1.82, 2.24) is 9.97 Å². The van der Waals surface area contributed by atoms with Gasteiger partial charge in [0.15, 0.2) is 0 Å².